The van der Waals surface area contributed by atoms with Crippen molar-refractivity contribution in [2.75, 3.05) is 13.7 Å². The van der Waals surface area contributed by atoms with Crippen LogP contribution in [-0.2, 0) is 20.9 Å². The van der Waals surface area contributed by atoms with Crippen LogP contribution in [-0.4, -0.2) is 35.7 Å². The smallest absolute Gasteiger partial charge is 0.343 e. The number of rotatable bonds is 6. The quantitative estimate of drug-likeness (QED) is 0.419. The molecule has 0 unspecified atom stereocenters. The number of thioether (sulfide) groups is 1. The highest BCUT2D eigenvalue weighted by Gasteiger charge is 2.35. The molecule has 1 fully saturated rings. The maximum Gasteiger partial charge on any atom is 0.343 e. The number of nitrogens with zero attached hydrogens (tertiary/aromatic N) is 1. The van der Waals surface area contributed by atoms with Crippen LogP contribution < -0.4 is 4.74 Å². The average molecular weight is 497 g/mol. The minimum absolute atomic E-state index is 0.132. The number of carbonyl (C=O) groups is 3. The highest BCUT2D eigenvalue weighted by atomic mass is 79.9. The minimum Gasteiger partial charge on any atom is -0.481 e. The van der Waals surface area contributed by atoms with E-state index in [0.717, 1.165) is 26.7 Å². The molecule has 0 aliphatic carbocycles. The van der Waals surface area contributed by atoms with Gasteiger partial charge in [-0.05, 0) is 53.7 Å². The summed E-state index contributed by atoms with van der Waals surface area (Å²) in [6, 6.07) is 12.1. The average Bonchev–Trinajstić information content (AvgIpc) is 2.94. The molecule has 6 nitrogen and oxygen atoms in total. The van der Waals surface area contributed by atoms with Gasteiger partial charge >= 0.3 is 5.97 Å². The predicted molar refractivity (Wildman–Crippen MR) is 115 cm³/mol. The Morgan fingerprint density at radius 3 is 2.76 bits per heavy atom. The Balaban J connectivity index is 1.83. The molecule has 3 rings (SSSR count). The highest BCUT2D eigenvalue weighted by molar-refractivity contribution is 9.10. The van der Waals surface area contributed by atoms with Crippen LogP contribution in [0.3, 0.4) is 0 Å². The van der Waals surface area contributed by atoms with E-state index < -0.39 is 11.9 Å². The summed E-state index contributed by atoms with van der Waals surface area (Å²) in [6.07, 6.45) is 1.57. The van der Waals surface area contributed by atoms with Crippen LogP contribution in [0.2, 0.25) is 5.02 Å². The van der Waals surface area contributed by atoms with Gasteiger partial charge < -0.3 is 9.47 Å². The number of halogens is 2. The summed E-state index contributed by atoms with van der Waals surface area (Å²) in [5.74, 6) is -0.542. The number of hydrogen-bond acceptors (Lipinski definition) is 6. The first kappa shape index (κ1) is 21.4. The Morgan fingerprint density at radius 2 is 2.03 bits per heavy atom. The van der Waals surface area contributed by atoms with Gasteiger partial charge in [0.2, 0.25) is 0 Å². The summed E-state index contributed by atoms with van der Waals surface area (Å²) in [5.41, 5.74) is 1.31. The molecule has 0 bridgehead atoms. The zero-order valence-corrected chi connectivity index (χ0v) is 18.3. The van der Waals surface area contributed by atoms with Crippen molar-refractivity contribution in [2.45, 2.75) is 6.54 Å². The first-order chi connectivity index (χ1) is 13.9. The van der Waals surface area contributed by atoms with E-state index in [4.69, 9.17) is 16.3 Å². The van der Waals surface area contributed by atoms with Gasteiger partial charge in [0.1, 0.15) is 5.75 Å². The molecule has 150 valence electrons. The number of methoxy groups -OCH3 is 1. The maximum absolute atomic E-state index is 12.8. The van der Waals surface area contributed by atoms with E-state index in [1.807, 2.05) is 0 Å². The molecule has 2 aromatic carbocycles. The van der Waals surface area contributed by atoms with Crippen molar-refractivity contribution >= 4 is 62.5 Å². The van der Waals surface area contributed by atoms with Crippen molar-refractivity contribution in [1.82, 2.24) is 4.90 Å². The number of esters is 1. The lowest BCUT2D eigenvalue weighted by Crippen LogP contribution is -2.27. The summed E-state index contributed by atoms with van der Waals surface area (Å²) in [5, 5.41) is 0.166. The number of amides is 2. The molecule has 0 saturated carbocycles. The van der Waals surface area contributed by atoms with Gasteiger partial charge in [-0.3, -0.25) is 14.5 Å². The number of hydrogen-bond donors (Lipinski definition) is 0. The van der Waals surface area contributed by atoms with Crippen molar-refractivity contribution in [2.24, 2.45) is 0 Å². The summed E-state index contributed by atoms with van der Waals surface area (Å²) >= 11 is 10.2. The minimum atomic E-state index is -0.527. The topological polar surface area (TPSA) is 72.9 Å². The van der Waals surface area contributed by atoms with Crippen LogP contribution >= 0.6 is 39.3 Å². The van der Waals surface area contributed by atoms with Gasteiger partial charge in [-0.2, -0.15) is 0 Å². The zero-order valence-electron chi connectivity index (χ0n) is 15.2. The highest BCUT2D eigenvalue weighted by Crippen LogP contribution is 2.35. The predicted octanol–water partition coefficient (Wildman–Crippen LogP) is 4.89. The number of ether oxygens (including phenoxy) is 2. The third-order valence-corrected chi connectivity index (χ3v) is 5.57. The molecule has 1 aliphatic heterocycles. The second kappa shape index (κ2) is 9.47. The Labute approximate surface area is 184 Å². The number of imide groups is 1. The lowest BCUT2D eigenvalue weighted by atomic mass is 10.1. The van der Waals surface area contributed by atoms with E-state index in [9.17, 15) is 14.4 Å². The van der Waals surface area contributed by atoms with Gasteiger partial charge in [0.05, 0.1) is 18.6 Å². The first-order valence-electron chi connectivity index (χ1n) is 8.36. The molecule has 0 spiro atoms. The largest absolute Gasteiger partial charge is 0.481 e. The second-order valence-corrected chi connectivity index (χ2v) is 8.29. The molecule has 9 heteroatoms. The van der Waals surface area contributed by atoms with Gasteiger partial charge in [0.15, 0.2) is 6.61 Å². The van der Waals surface area contributed by atoms with Crippen LogP contribution in [0.1, 0.15) is 11.1 Å². The Bertz CT molecular complexity index is 1010. The first-order valence-corrected chi connectivity index (χ1v) is 10.3. The van der Waals surface area contributed by atoms with Gasteiger partial charge in [0.25, 0.3) is 11.1 Å². The summed E-state index contributed by atoms with van der Waals surface area (Å²) in [4.78, 5) is 37.9. The molecular formula is C20H15BrClNO5S. The molecule has 1 heterocycles. The third-order valence-electron chi connectivity index (χ3n) is 3.93. The van der Waals surface area contributed by atoms with Gasteiger partial charge in [0, 0.05) is 15.1 Å². The summed E-state index contributed by atoms with van der Waals surface area (Å²) in [6.45, 7) is -0.137. The van der Waals surface area contributed by atoms with Crippen LogP contribution in [0.25, 0.3) is 6.08 Å². The fourth-order valence-corrected chi connectivity index (χ4v) is 3.98. The molecular weight excluding hydrogens is 482 g/mol. The Morgan fingerprint density at radius 1 is 1.24 bits per heavy atom. The fourth-order valence-electron chi connectivity index (χ4n) is 2.55. The van der Waals surface area contributed by atoms with E-state index in [0.29, 0.717) is 16.3 Å². The molecule has 1 aliphatic rings. The molecule has 29 heavy (non-hydrogen) atoms. The zero-order chi connectivity index (χ0) is 21.0. The Kier molecular flexibility index (Phi) is 7.00. The third kappa shape index (κ3) is 5.41. The van der Waals surface area contributed by atoms with Gasteiger partial charge in [-0.15, -0.1) is 0 Å². The van der Waals surface area contributed by atoms with Crippen LogP contribution in [0, 0.1) is 0 Å². The lowest BCUT2D eigenvalue weighted by Gasteiger charge is -2.12. The summed E-state index contributed by atoms with van der Waals surface area (Å²) in [7, 11) is 1.27. The van der Waals surface area contributed by atoms with Crippen molar-refractivity contribution < 1.29 is 23.9 Å². The maximum atomic E-state index is 12.8. The molecule has 0 radical (unpaired) electrons. The van der Waals surface area contributed by atoms with Crippen LogP contribution in [0.4, 0.5) is 4.79 Å². The van der Waals surface area contributed by atoms with E-state index in [1.54, 1.807) is 48.5 Å². The van der Waals surface area contributed by atoms with Gasteiger partial charge in [-0.25, -0.2) is 4.79 Å². The number of carbonyl (C=O) groups excluding carboxylic acids is 3. The number of benzene rings is 2. The van der Waals surface area contributed by atoms with E-state index in [1.165, 1.54) is 7.11 Å². The SMILES string of the molecule is COC(=O)COc1ccc(Br)cc1/C=C1\SC(=O)N(Cc2cccc(Cl)c2)C1=O. The van der Waals surface area contributed by atoms with Crippen molar-refractivity contribution in [3.8, 4) is 5.75 Å². The van der Waals surface area contributed by atoms with Gasteiger partial charge in [-0.1, -0.05) is 39.7 Å². The Hall–Kier alpha value is -2.29. The van der Waals surface area contributed by atoms with Crippen molar-refractivity contribution in [1.29, 1.82) is 0 Å². The molecule has 0 N–H and O–H groups in total. The molecule has 2 aromatic rings. The summed E-state index contributed by atoms with van der Waals surface area (Å²) < 4.78 is 10.8. The van der Waals surface area contributed by atoms with E-state index in [-0.39, 0.29) is 23.3 Å². The van der Waals surface area contributed by atoms with Crippen LogP contribution in [0.15, 0.2) is 51.8 Å². The normalized spacial score (nSPS) is 15.1. The van der Waals surface area contributed by atoms with Crippen molar-refractivity contribution in [3.05, 3.63) is 68.0 Å². The fraction of sp³-hybridized carbons (Fsp3) is 0.150. The van der Waals surface area contributed by atoms with Crippen LogP contribution in [0.5, 0.6) is 5.75 Å². The van der Waals surface area contributed by atoms with Crippen molar-refractivity contribution in [3.63, 3.8) is 0 Å². The standard InChI is InChI=1S/C20H15BrClNO5S/c1-27-18(24)11-28-16-6-5-14(21)8-13(16)9-17-19(25)23(20(26)29-17)10-12-3-2-4-15(22)7-12/h2-9H,10-11H2,1H3/b17-9-. The molecule has 0 atom stereocenters. The molecule has 1 saturated heterocycles. The monoisotopic (exact) mass is 495 g/mol. The molecule has 2 amide bonds. The van der Waals surface area contributed by atoms with E-state index in [2.05, 4.69) is 20.7 Å². The second-order valence-electron chi connectivity index (χ2n) is 5.94. The lowest BCUT2D eigenvalue weighted by molar-refractivity contribution is -0.142. The van der Waals surface area contributed by atoms with E-state index >= 15 is 0 Å². The molecule has 0 aromatic heterocycles.